The summed E-state index contributed by atoms with van der Waals surface area (Å²) in [6.45, 7) is 4.00. The number of methoxy groups -OCH3 is 2. The number of ether oxygens (including phenoxy) is 2. The van der Waals surface area contributed by atoms with Gasteiger partial charge in [0.15, 0.2) is 11.5 Å². The number of benzene rings is 2. The van der Waals surface area contributed by atoms with Crippen molar-refractivity contribution in [2.45, 2.75) is 18.7 Å². The Kier molecular flexibility index (Phi) is 9.67. The van der Waals surface area contributed by atoms with E-state index in [1.807, 2.05) is 44.4 Å². The number of nitrogen functional groups attached to an aromatic ring is 1. The van der Waals surface area contributed by atoms with E-state index in [0.717, 1.165) is 15.8 Å². The van der Waals surface area contributed by atoms with Gasteiger partial charge in [-0.25, -0.2) is 0 Å². The monoisotopic (exact) mass is 401 g/mol. The molecule has 0 atom stereocenters. The van der Waals surface area contributed by atoms with Gasteiger partial charge in [-0.15, -0.1) is 11.8 Å². The average molecular weight is 402 g/mol. The SMILES string of the molecule is CC.COc1cc2nccc(N)c2cc1OC.CSc1ccc(C(N)=O)cc1. The molecule has 1 aromatic heterocycles. The quantitative estimate of drug-likeness (QED) is 0.630. The second-order valence-electron chi connectivity index (χ2n) is 5.22. The zero-order valence-electron chi connectivity index (χ0n) is 16.9. The van der Waals surface area contributed by atoms with Crippen molar-refractivity contribution in [2.75, 3.05) is 26.2 Å². The number of nitrogens with zero attached hydrogens (tertiary/aromatic N) is 1. The smallest absolute Gasteiger partial charge is 0.248 e. The van der Waals surface area contributed by atoms with Crippen molar-refractivity contribution >= 4 is 34.3 Å². The van der Waals surface area contributed by atoms with Crippen LogP contribution >= 0.6 is 11.8 Å². The number of primary amides is 1. The van der Waals surface area contributed by atoms with Crippen LogP contribution in [0, 0.1) is 0 Å². The van der Waals surface area contributed by atoms with Crippen molar-refractivity contribution in [1.82, 2.24) is 4.98 Å². The summed E-state index contributed by atoms with van der Waals surface area (Å²) in [4.78, 5) is 16.0. The molecule has 28 heavy (non-hydrogen) atoms. The first-order chi connectivity index (χ1) is 13.5. The van der Waals surface area contributed by atoms with Gasteiger partial charge in [0.1, 0.15) is 0 Å². The minimum atomic E-state index is -0.377. The topological polar surface area (TPSA) is 100 Å². The van der Waals surface area contributed by atoms with Crippen LogP contribution in [0.15, 0.2) is 53.6 Å². The number of thioether (sulfide) groups is 1. The number of aromatic nitrogens is 1. The first kappa shape index (κ1) is 23.1. The van der Waals surface area contributed by atoms with Gasteiger partial charge in [-0.2, -0.15) is 0 Å². The van der Waals surface area contributed by atoms with Crippen LogP contribution in [0.2, 0.25) is 0 Å². The van der Waals surface area contributed by atoms with Gasteiger partial charge in [0.05, 0.1) is 19.7 Å². The molecule has 2 aromatic carbocycles. The molecule has 4 N–H and O–H groups in total. The number of amides is 1. The van der Waals surface area contributed by atoms with Crippen molar-refractivity contribution < 1.29 is 14.3 Å². The molecule has 0 saturated heterocycles. The predicted octanol–water partition coefficient (Wildman–Crippen LogP) is 4.37. The fourth-order valence-corrected chi connectivity index (χ4v) is 2.66. The van der Waals surface area contributed by atoms with Crippen molar-refractivity contribution in [3.8, 4) is 11.5 Å². The third-order valence-corrected chi connectivity index (χ3v) is 4.40. The zero-order chi connectivity index (χ0) is 21.1. The Hall–Kier alpha value is -2.93. The van der Waals surface area contributed by atoms with E-state index in [2.05, 4.69) is 4.98 Å². The first-order valence-electron chi connectivity index (χ1n) is 8.70. The predicted molar refractivity (Wildman–Crippen MR) is 117 cm³/mol. The van der Waals surface area contributed by atoms with Crippen LogP contribution in [0.4, 0.5) is 5.69 Å². The van der Waals surface area contributed by atoms with E-state index in [1.165, 1.54) is 0 Å². The molecule has 3 rings (SSSR count). The number of carbonyl (C=O) groups excluding carboxylic acids is 1. The maximum Gasteiger partial charge on any atom is 0.248 e. The van der Waals surface area contributed by atoms with Gasteiger partial charge in [0.2, 0.25) is 5.91 Å². The molecule has 0 spiro atoms. The summed E-state index contributed by atoms with van der Waals surface area (Å²) in [7, 11) is 3.19. The lowest BCUT2D eigenvalue weighted by molar-refractivity contribution is 0.1000. The molecule has 0 bridgehead atoms. The Morgan fingerprint density at radius 3 is 2.07 bits per heavy atom. The maximum absolute atomic E-state index is 10.6. The van der Waals surface area contributed by atoms with Crippen molar-refractivity contribution in [3.63, 3.8) is 0 Å². The van der Waals surface area contributed by atoms with E-state index in [0.29, 0.717) is 22.7 Å². The zero-order valence-corrected chi connectivity index (χ0v) is 17.7. The highest BCUT2D eigenvalue weighted by Gasteiger charge is 2.07. The second-order valence-corrected chi connectivity index (χ2v) is 6.10. The molecule has 7 heteroatoms. The molecule has 0 unspecified atom stereocenters. The third kappa shape index (κ3) is 6.06. The van der Waals surface area contributed by atoms with Gasteiger partial charge in [-0.3, -0.25) is 9.78 Å². The largest absolute Gasteiger partial charge is 0.493 e. The summed E-state index contributed by atoms with van der Waals surface area (Å²) in [5, 5.41) is 0.871. The number of carbonyl (C=O) groups is 1. The molecule has 150 valence electrons. The van der Waals surface area contributed by atoms with Gasteiger partial charge in [-0.1, -0.05) is 13.8 Å². The Morgan fingerprint density at radius 2 is 1.57 bits per heavy atom. The van der Waals surface area contributed by atoms with Crippen LogP contribution in [0.25, 0.3) is 10.9 Å². The lowest BCUT2D eigenvalue weighted by Crippen LogP contribution is -2.10. The summed E-state index contributed by atoms with van der Waals surface area (Å²) < 4.78 is 10.4. The molecular formula is C21H27N3O3S. The lowest BCUT2D eigenvalue weighted by atomic mass is 10.1. The van der Waals surface area contributed by atoms with Gasteiger partial charge >= 0.3 is 0 Å². The molecule has 0 fully saturated rings. The van der Waals surface area contributed by atoms with Gasteiger partial charge < -0.3 is 20.9 Å². The normalized spacial score (nSPS) is 9.46. The molecule has 1 amide bonds. The van der Waals surface area contributed by atoms with Crippen LogP contribution in [0.3, 0.4) is 0 Å². The van der Waals surface area contributed by atoms with Crippen LogP contribution in [0.5, 0.6) is 11.5 Å². The number of hydrogen-bond donors (Lipinski definition) is 2. The van der Waals surface area contributed by atoms with Crippen molar-refractivity contribution in [1.29, 1.82) is 0 Å². The lowest BCUT2D eigenvalue weighted by Gasteiger charge is -2.09. The van der Waals surface area contributed by atoms with E-state index in [1.54, 1.807) is 50.4 Å². The van der Waals surface area contributed by atoms with E-state index in [9.17, 15) is 4.79 Å². The summed E-state index contributed by atoms with van der Waals surface area (Å²) in [6.07, 6.45) is 3.66. The summed E-state index contributed by atoms with van der Waals surface area (Å²) in [5.41, 5.74) is 12.9. The highest BCUT2D eigenvalue weighted by molar-refractivity contribution is 7.98. The molecule has 3 aromatic rings. The fraction of sp³-hybridized carbons (Fsp3) is 0.238. The van der Waals surface area contributed by atoms with Crippen LogP contribution < -0.4 is 20.9 Å². The summed E-state index contributed by atoms with van der Waals surface area (Å²) in [6, 6.07) is 12.6. The number of fused-ring (bicyclic) bond motifs is 1. The molecule has 1 heterocycles. The first-order valence-corrected chi connectivity index (χ1v) is 9.92. The standard InChI is InChI=1S/C11H12N2O2.C8H9NOS.C2H6/c1-14-10-5-7-8(12)3-4-13-9(7)6-11(10)15-2;1-11-7-4-2-6(3-5-7)8(9)10;1-2/h3-6H,1-2H3,(H2,12,13);2-5H,1H3,(H2,9,10);1-2H3. The number of hydrogen-bond acceptors (Lipinski definition) is 6. The third-order valence-electron chi connectivity index (χ3n) is 3.66. The molecule has 0 aliphatic rings. The Balaban J connectivity index is 0.000000268. The molecule has 0 aliphatic heterocycles. The van der Waals surface area contributed by atoms with Gasteiger partial charge in [-0.05, 0) is 42.7 Å². The van der Waals surface area contributed by atoms with E-state index in [4.69, 9.17) is 20.9 Å². The summed E-state index contributed by atoms with van der Waals surface area (Å²) >= 11 is 1.64. The van der Waals surface area contributed by atoms with E-state index >= 15 is 0 Å². The van der Waals surface area contributed by atoms with Crippen molar-refractivity contribution in [2.24, 2.45) is 5.73 Å². The minimum absolute atomic E-state index is 0.377. The molecular weight excluding hydrogens is 374 g/mol. The van der Waals surface area contributed by atoms with Crippen LogP contribution in [-0.4, -0.2) is 31.4 Å². The highest BCUT2D eigenvalue weighted by atomic mass is 32.2. The number of rotatable bonds is 4. The van der Waals surface area contributed by atoms with Crippen LogP contribution in [-0.2, 0) is 0 Å². The number of anilines is 1. The number of pyridine rings is 1. The molecule has 0 saturated carbocycles. The van der Waals surface area contributed by atoms with E-state index in [-0.39, 0.29) is 5.91 Å². The Labute approximate surface area is 170 Å². The molecule has 6 nitrogen and oxygen atoms in total. The second kappa shape index (κ2) is 11.7. The summed E-state index contributed by atoms with van der Waals surface area (Å²) in [5.74, 6) is 0.936. The molecule has 0 radical (unpaired) electrons. The Bertz CT molecular complexity index is 899. The Morgan fingerprint density at radius 1 is 1.00 bits per heavy atom. The average Bonchev–Trinajstić information content (AvgIpc) is 2.75. The van der Waals surface area contributed by atoms with Crippen LogP contribution in [0.1, 0.15) is 24.2 Å². The number of nitrogens with two attached hydrogens (primary N) is 2. The van der Waals surface area contributed by atoms with Crippen molar-refractivity contribution in [3.05, 3.63) is 54.2 Å². The van der Waals surface area contributed by atoms with Gasteiger partial charge in [0.25, 0.3) is 0 Å². The molecule has 0 aliphatic carbocycles. The van der Waals surface area contributed by atoms with E-state index < -0.39 is 0 Å². The maximum atomic E-state index is 10.6. The fourth-order valence-electron chi connectivity index (χ4n) is 2.25. The highest BCUT2D eigenvalue weighted by Crippen LogP contribution is 2.33. The minimum Gasteiger partial charge on any atom is -0.493 e. The van der Waals surface area contributed by atoms with Gasteiger partial charge in [0, 0.05) is 33.8 Å².